The van der Waals surface area contributed by atoms with Gasteiger partial charge in [-0.15, -0.1) is 0 Å². The molecular formula is C24H22ClFN6O. The van der Waals surface area contributed by atoms with Crippen molar-refractivity contribution in [2.45, 2.75) is 25.8 Å². The van der Waals surface area contributed by atoms with Crippen molar-refractivity contribution in [1.29, 1.82) is 0 Å². The fourth-order valence-corrected chi connectivity index (χ4v) is 4.48. The van der Waals surface area contributed by atoms with Crippen LogP contribution in [0.1, 0.15) is 16.8 Å². The SMILES string of the molecule is Cc1nn(-c2c(F)cccc2Cl)c(=O)c2cnc(Nc3ccc4c(c3)CC(N(C)C)C4)nc12. The van der Waals surface area contributed by atoms with Crippen molar-refractivity contribution in [2.24, 2.45) is 0 Å². The molecule has 7 nitrogen and oxygen atoms in total. The molecule has 5 rings (SSSR count). The molecule has 1 atom stereocenters. The Bertz CT molecular complexity index is 1430. The van der Waals surface area contributed by atoms with Gasteiger partial charge in [0.05, 0.1) is 16.1 Å². The van der Waals surface area contributed by atoms with Gasteiger partial charge in [0.2, 0.25) is 5.95 Å². The van der Waals surface area contributed by atoms with Gasteiger partial charge in [-0.2, -0.15) is 9.78 Å². The molecule has 0 spiro atoms. The van der Waals surface area contributed by atoms with E-state index in [1.165, 1.54) is 35.5 Å². The summed E-state index contributed by atoms with van der Waals surface area (Å²) < 4.78 is 15.4. The van der Waals surface area contributed by atoms with Gasteiger partial charge in [0, 0.05) is 17.9 Å². The Labute approximate surface area is 194 Å². The van der Waals surface area contributed by atoms with E-state index in [0.29, 0.717) is 23.2 Å². The highest BCUT2D eigenvalue weighted by atomic mass is 35.5. The molecule has 0 fully saturated rings. The predicted octanol–water partition coefficient (Wildman–Crippen LogP) is 4.05. The first-order valence-corrected chi connectivity index (χ1v) is 11.0. The number of anilines is 2. The third-order valence-corrected chi connectivity index (χ3v) is 6.36. The summed E-state index contributed by atoms with van der Waals surface area (Å²) in [6.45, 7) is 1.71. The summed E-state index contributed by atoms with van der Waals surface area (Å²) in [5.74, 6) is -0.279. The number of nitrogens with one attached hydrogen (secondary N) is 1. The second kappa shape index (κ2) is 8.20. The average molecular weight is 465 g/mol. The molecule has 0 saturated heterocycles. The second-order valence-corrected chi connectivity index (χ2v) is 8.87. The lowest BCUT2D eigenvalue weighted by atomic mass is 10.1. The number of para-hydroxylation sites is 1. The lowest BCUT2D eigenvalue weighted by Gasteiger charge is -2.17. The van der Waals surface area contributed by atoms with E-state index in [-0.39, 0.29) is 16.1 Å². The monoisotopic (exact) mass is 464 g/mol. The number of rotatable bonds is 4. The van der Waals surface area contributed by atoms with Gasteiger partial charge in [-0.25, -0.2) is 14.4 Å². The van der Waals surface area contributed by atoms with Gasteiger partial charge in [-0.3, -0.25) is 4.79 Å². The van der Waals surface area contributed by atoms with Crippen LogP contribution in [-0.4, -0.2) is 44.8 Å². The molecular weight excluding hydrogens is 443 g/mol. The minimum Gasteiger partial charge on any atom is -0.324 e. The molecule has 2 aromatic carbocycles. The lowest BCUT2D eigenvalue weighted by molar-refractivity contribution is 0.303. The number of aryl methyl sites for hydroxylation is 1. The van der Waals surface area contributed by atoms with Crippen LogP contribution >= 0.6 is 11.6 Å². The number of nitrogens with zero attached hydrogens (tertiary/aromatic N) is 5. The van der Waals surface area contributed by atoms with Crippen molar-refractivity contribution in [3.05, 3.63) is 80.6 Å². The molecule has 2 aromatic heterocycles. The number of hydrogen-bond acceptors (Lipinski definition) is 6. The van der Waals surface area contributed by atoms with Crippen LogP contribution in [0.5, 0.6) is 0 Å². The van der Waals surface area contributed by atoms with E-state index < -0.39 is 11.4 Å². The second-order valence-electron chi connectivity index (χ2n) is 8.46. The molecule has 2 heterocycles. The summed E-state index contributed by atoms with van der Waals surface area (Å²) in [6, 6.07) is 11.0. The van der Waals surface area contributed by atoms with E-state index in [1.807, 2.05) is 6.07 Å². The first-order valence-electron chi connectivity index (χ1n) is 10.6. The fraction of sp³-hybridized carbons (Fsp3) is 0.250. The molecule has 9 heteroatoms. The number of halogens is 2. The number of aromatic nitrogens is 4. The van der Waals surface area contributed by atoms with Crippen molar-refractivity contribution in [3.8, 4) is 5.69 Å². The van der Waals surface area contributed by atoms with Gasteiger partial charge in [0.15, 0.2) is 5.82 Å². The van der Waals surface area contributed by atoms with Gasteiger partial charge in [-0.05, 0) is 69.3 Å². The summed E-state index contributed by atoms with van der Waals surface area (Å²) >= 11 is 6.14. The number of likely N-dealkylation sites (N-methyl/N-ethyl adjacent to an activating group) is 1. The van der Waals surface area contributed by atoms with Gasteiger partial charge < -0.3 is 10.2 Å². The van der Waals surface area contributed by atoms with Crippen LogP contribution in [0.15, 0.2) is 47.4 Å². The quantitative estimate of drug-likeness (QED) is 0.491. The minimum absolute atomic E-state index is 0.0921. The Balaban J connectivity index is 1.50. The molecule has 168 valence electrons. The maximum atomic E-state index is 14.4. The van der Waals surface area contributed by atoms with Crippen LogP contribution in [0.3, 0.4) is 0 Å². The van der Waals surface area contributed by atoms with Crippen LogP contribution in [0.25, 0.3) is 16.6 Å². The van der Waals surface area contributed by atoms with Gasteiger partial charge in [0.25, 0.3) is 5.56 Å². The number of hydrogen-bond donors (Lipinski definition) is 1. The molecule has 1 aliphatic carbocycles. The van der Waals surface area contributed by atoms with Crippen LogP contribution in [0, 0.1) is 12.7 Å². The standard InChI is InChI=1S/C24H22ClFN6O/c1-13-21-18(23(33)32(30-13)22-19(25)5-4-6-20(22)26)12-27-24(29-21)28-16-8-7-14-10-17(31(2)3)11-15(14)9-16/h4-9,12,17H,10-11H2,1-3H3,(H,27,28,29). The zero-order chi connectivity index (χ0) is 23.3. The molecule has 0 aliphatic heterocycles. The minimum atomic E-state index is -0.636. The van der Waals surface area contributed by atoms with Crippen LogP contribution in [-0.2, 0) is 12.8 Å². The van der Waals surface area contributed by atoms with Crippen LogP contribution in [0.4, 0.5) is 16.0 Å². The maximum Gasteiger partial charge on any atom is 0.282 e. The normalized spacial score (nSPS) is 15.3. The highest BCUT2D eigenvalue weighted by Crippen LogP contribution is 2.28. The topological polar surface area (TPSA) is 75.9 Å². The summed E-state index contributed by atoms with van der Waals surface area (Å²) in [4.78, 5) is 24.1. The molecule has 1 unspecified atom stereocenters. The largest absolute Gasteiger partial charge is 0.324 e. The third kappa shape index (κ3) is 3.85. The Morgan fingerprint density at radius 3 is 2.73 bits per heavy atom. The molecule has 1 aliphatic rings. The Kier molecular flexibility index (Phi) is 5.34. The number of fused-ring (bicyclic) bond motifs is 2. The van der Waals surface area contributed by atoms with Crippen molar-refractivity contribution >= 4 is 34.1 Å². The van der Waals surface area contributed by atoms with Crippen LogP contribution in [0.2, 0.25) is 5.02 Å². The molecule has 4 aromatic rings. The van der Waals surface area contributed by atoms with Gasteiger partial charge >= 0.3 is 0 Å². The Morgan fingerprint density at radius 1 is 1.18 bits per heavy atom. The van der Waals surface area contributed by atoms with Crippen LogP contribution < -0.4 is 10.9 Å². The number of benzene rings is 2. The summed E-state index contributed by atoms with van der Waals surface area (Å²) in [5.41, 5.74) is 3.76. The summed E-state index contributed by atoms with van der Waals surface area (Å²) in [5, 5.41) is 7.82. The molecule has 0 bridgehead atoms. The zero-order valence-corrected chi connectivity index (χ0v) is 19.2. The first kappa shape index (κ1) is 21.5. The Morgan fingerprint density at radius 2 is 1.97 bits per heavy atom. The van der Waals surface area contributed by atoms with Crippen molar-refractivity contribution in [3.63, 3.8) is 0 Å². The molecule has 0 radical (unpaired) electrons. The van der Waals surface area contributed by atoms with E-state index >= 15 is 0 Å². The van der Waals surface area contributed by atoms with Gasteiger partial charge in [-0.1, -0.05) is 23.7 Å². The van der Waals surface area contributed by atoms with Crippen molar-refractivity contribution in [2.75, 3.05) is 19.4 Å². The molecule has 0 amide bonds. The van der Waals surface area contributed by atoms with E-state index in [0.717, 1.165) is 23.2 Å². The molecule has 0 saturated carbocycles. The van der Waals surface area contributed by atoms with E-state index in [2.05, 4.69) is 51.5 Å². The average Bonchev–Trinajstić information content (AvgIpc) is 3.21. The zero-order valence-electron chi connectivity index (χ0n) is 18.4. The Hall–Kier alpha value is -3.36. The molecule has 1 N–H and O–H groups in total. The van der Waals surface area contributed by atoms with Crippen molar-refractivity contribution in [1.82, 2.24) is 24.6 Å². The van der Waals surface area contributed by atoms with E-state index in [4.69, 9.17) is 11.6 Å². The molecule has 33 heavy (non-hydrogen) atoms. The smallest absolute Gasteiger partial charge is 0.282 e. The van der Waals surface area contributed by atoms with E-state index in [1.54, 1.807) is 6.92 Å². The summed E-state index contributed by atoms with van der Waals surface area (Å²) in [6.07, 6.45) is 3.47. The highest BCUT2D eigenvalue weighted by molar-refractivity contribution is 6.32. The summed E-state index contributed by atoms with van der Waals surface area (Å²) in [7, 11) is 4.20. The van der Waals surface area contributed by atoms with E-state index in [9.17, 15) is 9.18 Å². The fourth-order valence-electron chi connectivity index (χ4n) is 4.24. The lowest BCUT2D eigenvalue weighted by Crippen LogP contribution is -2.27. The first-order chi connectivity index (χ1) is 15.8. The third-order valence-electron chi connectivity index (χ3n) is 6.06. The highest BCUT2D eigenvalue weighted by Gasteiger charge is 2.23. The van der Waals surface area contributed by atoms with Gasteiger partial charge in [0.1, 0.15) is 11.2 Å². The van der Waals surface area contributed by atoms with Crippen molar-refractivity contribution < 1.29 is 4.39 Å². The predicted molar refractivity (Wildman–Crippen MR) is 127 cm³/mol. The maximum absolute atomic E-state index is 14.4.